The fourth-order valence-electron chi connectivity index (χ4n) is 2.72. The molecule has 0 aliphatic rings. The number of anilines is 2. The highest BCUT2D eigenvalue weighted by atomic mass is 19.4. The maximum absolute atomic E-state index is 13.4. The Morgan fingerprint density at radius 2 is 1.69 bits per heavy atom. The molecular weight excluding hydrogens is 383 g/mol. The molecule has 0 unspecified atom stereocenters. The maximum atomic E-state index is 13.4. The van der Waals surface area contributed by atoms with Crippen LogP contribution < -0.4 is 14.4 Å². The van der Waals surface area contributed by atoms with Crippen LogP contribution in [0.3, 0.4) is 0 Å². The van der Waals surface area contributed by atoms with Gasteiger partial charge in [-0.3, -0.25) is 0 Å². The summed E-state index contributed by atoms with van der Waals surface area (Å²) in [5.74, 6) is 0.289. The lowest BCUT2D eigenvalue weighted by molar-refractivity contribution is -0.139. The van der Waals surface area contributed by atoms with Crippen LogP contribution in [0.1, 0.15) is 18.1 Å². The Kier molecular flexibility index (Phi) is 6.21. The average Bonchev–Trinajstić information content (AvgIpc) is 2.73. The van der Waals surface area contributed by atoms with Gasteiger partial charge >= 0.3 is 6.18 Å². The van der Waals surface area contributed by atoms with Gasteiger partial charge in [-0.1, -0.05) is 30.3 Å². The van der Waals surface area contributed by atoms with Crippen LogP contribution in [0.25, 0.3) is 0 Å². The van der Waals surface area contributed by atoms with Gasteiger partial charge in [0, 0.05) is 18.4 Å². The predicted octanol–water partition coefficient (Wildman–Crippen LogP) is 5.24. The van der Waals surface area contributed by atoms with Crippen LogP contribution in [-0.4, -0.2) is 23.6 Å². The summed E-state index contributed by atoms with van der Waals surface area (Å²) >= 11 is 0. The van der Waals surface area contributed by atoms with Gasteiger partial charge in [0.2, 0.25) is 11.8 Å². The number of halogens is 3. The zero-order valence-electron chi connectivity index (χ0n) is 16.0. The second-order valence-corrected chi connectivity index (χ2v) is 6.10. The van der Waals surface area contributed by atoms with Crippen LogP contribution in [0.5, 0.6) is 11.6 Å². The normalized spacial score (nSPS) is 11.2. The molecule has 29 heavy (non-hydrogen) atoms. The molecule has 0 saturated heterocycles. The topological polar surface area (TPSA) is 47.5 Å². The smallest absolute Gasteiger partial charge is 0.423 e. The number of alkyl halides is 3. The van der Waals surface area contributed by atoms with Gasteiger partial charge in [0.1, 0.15) is 17.9 Å². The van der Waals surface area contributed by atoms with E-state index in [0.717, 1.165) is 17.4 Å². The van der Waals surface area contributed by atoms with Crippen molar-refractivity contribution in [2.24, 2.45) is 0 Å². The van der Waals surface area contributed by atoms with Crippen LogP contribution >= 0.6 is 0 Å². The Morgan fingerprint density at radius 1 is 1.00 bits per heavy atom. The van der Waals surface area contributed by atoms with Crippen LogP contribution in [0.15, 0.2) is 60.8 Å². The number of methoxy groups -OCH3 is 1. The van der Waals surface area contributed by atoms with Gasteiger partial charge in [0.05, 0.1) is 7.11 Å². The lowest BCUT2D eigenvalue weighted by Gasteiger charge is -2.22. The minimum Gasteiger partial charge on any atom is -0.497 e. The van der Waals surface area contributed by atoms with Crippen molar-refractivity contribution in [1.82, 2.24) is 9.97 Å². The molecule has 3 rings (SSSR count). The molecule has 5 nitrogen and oxygen atoms in total. The number of ether oxygens (including phenoxy) is 2. The van der Waals surface area contributed by atoms with Crippen molar-refractivity contribution in [1.29, 1.82) is 0 Å². The molecular formula is C21H20F3N3O2. The van der Waals surface area contributed by atoms with Crippen molar-refractivity contribution in [3.05, 3.63) is 71.9 Å². The van der Waals surface area contributed by atoms with Crippen molar-refractivity contribution < 1.29 is 22.6 Å². The largest absolute Gasteiger partial charge is 0.497 e. The summed E-state index contributed by atoms with van der Waals surface area (Å²) in [6.45, 7) is 2.28. The molecule has 0 aliphatic carbocycles. The highest BCUT2D eigenvalue weighted by Gasteiger charge is 2.36. The molecule has 0 fully saturated rings. The molecule has 0 radical (unpaired) electrons. The number of hydrogen-bond donors (Lipinski definition) is 0. The van der Waals surface area contributed by atoms with Crippen LogP contribution in [0, 0.1) is 0 Å². The van der Waals surface area contributed by atoms with E-state index in [9.17, 15) is 13.2 Å². The number of benzene rings is 2. The molecule has 0 saturated carbocycles. The Balaban J connectivity index is 1.93. The molecule has 1 aromatic heterocycles. The summed E-state index contributed by atoms with van der Waals surface area (Å²) in [5, 5.41) is 0. The van der Waals surface area contributed by atoms with Crippen LogP contribution in [-0.2, 0) is 12.8 Å². The Hall–Kier alpha value is -3.29. The lowest BCUT2D eigenvalue weighted by Crippen LogP contribution is -2.20. The van der Waals surface area contributed by atoms with Crippen molar-refractivity contribution in [2.75, 3.05) is 18.6 Å². The monoisotopic (exact) mass is 403 g/mol. The molecule has 0 aliphatic heterocycles. The van der Waals surface area contributed by atoms with Gasteiger partial charge in [-0.25, -0.2) is 4.98 Å². The quantitative estimate of drug-likeness (QED) is 0.540. The van der Waals surface area contributed by atoms with E-state index in [-0.39, 0.29) is 12.6 Å². The summed E-state index contributed by atoms with van der Waals surface area (Å²) in [5.41, 5.74) is 0.452. The van der Waals surface area contributed by atoms with Crippen LogP contribution in [0.4, 0.5) is 24.8 Å². The van der Waals surface area contributed by atoms with Gasteiger partial charge in [0.25, 0.3) is 0 Å². The predicted molar refractivity (Wildman–Crippen MR) is 103 cm³/mol. The summed E-state index contributed by atoms with van der Waals surface area (Å²) in [4.78, 5) is 9.71. The first-order chi connectivity index (χ1) is 13.9. The van der Waals surface area contributed by atoms with E-state index in [2.05, 4.69) is 9.97 Å². The van der Waals surface area contributed by atoms with Crippen molar-refractivity contribution in [2.45, 2.75) is 19.7 Å². The van der Waals surface area contributed by atoms with Gasteiger partial charge < -0.3 is 14.4 Å². The summed E-state index contributed by atoms with van der Waals surface area (Å²) in [6.07, 6.45) is -3.86. The van der Waals surface area contributed by atoms with Gasteiger partial charge in [-0.15, -0.1) is 0 Å². The molecule has 0 bridgehead atoms. The summed E-state index contributed by atoms with van der Waals surface area (Å²) in [6, 6.07) is 16.0. The SMILES string of the molecule is CCN(c1ccc(OC)cc1)c1ncc(C(F)(F)F)c(OCc2ccccc2)n1. The molecule has 152 valence electrons. The minimum absolute atomic E-state index is 0.0327. The molecule has 0 spiro atoms. The highest BCUT2D eigenvalue weighted by molar-refractivity contribution is 5.58. The standard InChI is InChI=1S/C21H20F3N3O2/c1-3-27(16-9-11-17(28-2)12-10-16)20-25-13-18(21(22,23)24)19(26-20)29-14-15-7-5-4-6-8-15/h4-13H,3,14H2,1-2H3. The summed E-state index contributed by atoms with van der Waals surface area (Å²) < 4.78 is 50.8. The molecule has 0 atom stereocenters. The van der Waals surface area contributed by atoms with Crippen LogP contribution in [0.2, 0.25) is 0 Å². The fourth-order valence-corrected chi connectivity index (χ4v) is 2.72. The van der Waals surface area contributed by atoms with E-state index in [4.69, 9.17) is 9.47 Å². The lowest BCUT2D eigenvalue weighted by atomic mass is 10.2. The first kappa shape index (κ1) is 20.4. The van der Waals surface area contributed by atoms with E-state index in [0.29, 0.717) is 12.3 Å². The third kappa shape index (κ3) is 4.96. The molecule has 0 amide bonds. The second kappa shape index (κ2) is 8.81. The van der Waals surface area contributed by atoms with Gasteiger partial charge in [-0.05, 0) is 36.8 Å². The fraction of sp³-hybridized carbons (Fsp3) is 0.238. The molecule has 1 heterocycles. The molecule has 8 heteroatoms. The third-order valence-corrected chi connectivity index (χ3v) is 4.21. The maximum Gasteiger partial charge on any atom is 0.423 e. The van der Waals surface area contributed by atoms with Crippen molar-refractivity contribution in [3.63, 3.8) is 0 Å². The van der Waals surface area contributed by atoms with E-state index in [1.807, 2.05) is 13.0 Å². The first-order valence-electron chi connectivity index (χ1n) is 8.95. The van der Waals surface area contributed by atoms with Gasteiger partial charge in [0.15, 0.2) is 0 Å². The third-order valence-electron chi connectivity index (χ3n) is 4.21. The van der Waals surface area contributed by atoms with E-state index in [1.165, 1.54) is 0 Å². The number of hydrogen-bond acceptors (Lipinski definition) is 5. The second-order valence-electron chi connectivity index (χ2n) is 6.10. The molecule has 3 aromatic rings. The zero-order valence-corrected chi connectivity index (χ0v) is 16.0. The van der Waals surface area contributed by atoms with Crippen molar-refractivity contribution in [3.8, 4) is 11.6 Å². The minimum atomic E-state index is -4.62. The Morgan fingerprint density at radius 3 is 2.28 bits per heavy atom. The van der Waals surface area contributed by atoms with E-state index >= 15 is 0 Å². The highest BCUT2D eigenvalue weighted by Crippen LogP contribution is 2.36. The number of rotatable bonds is 7. The van der Waals surface area contributed by atoms with Crippen molar-refractivity contribution >= 4 is 11.6 Å². The zero-order chi connectivity index (χ0) is 20.9. The average molecular weight is 403 g/mol. The number of nitrogens with zero attached hydrogens (tertiary/aromatic N) is 3. The van der Waals surface area contributed by atoms with Gasteiger partial charge in [-0.2, -0.15) is 18.2 Å². The Labute approximate surface area is 166 Å². The van der Waals surface area contributed by atoms with E-state index in [1.54, 1.807) is 60.5 Å². The number of aromatic nitrogens is 2. The first-order valence-corrected chi connectivity index (χ1v) is 8.95. The Bertz CT molecular complexity index is 932. The molecule has 0 N–H and O–H groups in total. The van der Waals surface area contributed by atoms with E-state index < -0.39 is 17.6 Å². The summed E-state index contributed by atoms with van der Waals surface area (Å²) in [7, 11) is 1.56. The molecule has 2 aromatic carbocycles.